The Balaban J connectivity index is 1.52. The van der Waals surface area contributed by atoms with E-state index < -0.39 is 5.97 Å². The SMILES string of the molecule is COc1ccc(-c2nc(C(=O)OCCOc3ccccc3C)cs2)cc1. The third-order valence-electron chi connectivity index (χ3n) is 3.72. The number of carbonyl (C=O) groups is 1. The van der Waals surface area contributed by atoms with Crippen LogP contribution in [0.1, 0.15) is 16.1 Å². The molecule has 0 bridgehead atoms. The highest BCUT2D eigenvalue weighted by Crippen LogP contribution is 2.26. The zero-order valence-electron chi connectivity index (χ0n) is 14.6. The molecule has 26 heavy (non-hydrogen) atoms. The smallest absolute Gasteiger partial charge is 0.357 e. The molecule has 0 atom stereocenters. The molecule has 0 N–H and O–H groups in total. The van der Waals surface area contributed by atoms with Gasteiger partial charge in [0.05, 0.1) is 7.11 Å². The Morgan fingerprint density at radius 2 is 1.85 bits per heavy atom. The van der Waals surface area contributed by atoms with E-state index in [0.29, 0.717) is 12.3 Å². The summed E-state index contributed by atoms with van der Waals surface area (Å²) in [5, 5.41) is 2.46. The fourth-order valence-electron chi connectivity index (χ4n) is 2.31. The van der Waals surface area contributed by atoms with Gasteiger partial charge in [-0.1, -0.05) is 18.2 Å². The minimum Gasteiger partial charge on any atom is -0.497 e. The number of aromatic nitrogens is 1. The van der Waals surface area contributed by atoms with Gasteiger partial charge in [-0.2, -0.15) is 0 Å². The van der Waals surface area contributed by atoms with Gasteiger partial charge in [0, 0.05) is 10.9 Å². The van der Waals surface area contributed by atoms with Crippen LogP contribution < -0.4 is 9.47 Å². The molecule has 0 unspecified atom stereocenters. The first kappa shape index (κ1) is 17.9. The monoisotopic (exact) mass is 369 g/mol. The summed E-state index contributed by atoms with van der Waals surface area (Å²) in [4.78, 5) is 16.5. The number of carbonyl (C=O) groups excluding carboxylic acids is 1. The molecule has 1 heterocycles. The van der Waals surface area contributed by atoms with Gasteiger partial charge in [0.15, 0.2) is 5.69 Å². The molecule has 0 saturated carbocycles. The van der Waals surface area contributed by atoms with Crippen LogP contribution in [0, 0.1) is 6.92 Å². The first-order valence-corrected chi connectivity index (χ1v) is 9.01. The molecule has 0 aliphatic heterocycles. The summed E-state index contributed by atoms with van der Waals surface area (Å²) in [6.07, 6.45) is 0. The van der Waals surface area contributed by atoms with Gasteiger partial charge in [-0.05, 0) is 42.8 Å². The third-order valence-corrected chi connectivity index (χ3v) is 4.61. The molecule has 6 heteroatoms. The van der Waals surface area contributed by atoms with Gasteiger partial charge >= 0.3 is 5.97 Å². The van der Waals surface area contributed by atoms with Crippen molar-refractivity contribution in [3.8, 4) is 22.1 Å². The Morgan fingerprint density at radius 1 is 1.08 bits per heavy atom. The normalized spacial score (nSPS) is 10.4. The fourth-order valence-corrected chi connectivity index (χ4v) is 3.11. The van der Waals surface area contributed by atoms with Gasteiger partial charge in [-0.15, -0.1) is 11.3 Å². The van der Waals surface area contributed by atoms with Crippen molar-refractivity contribution in [1.29, 1.82) is 0 Å². The summed E-state index contributed by atoms with van der Waals surface area (Å²) in [7, 11) is 1.62. The van der Waals surface area contributed by atoms with Crippen molar-refractivity contribution < 1.29 is 19.0 Å². The van der Waals surface area contributed by atoms with Crippen molar-refractivity contribution in [2.45, 2.75) is 6.92 Å². The molecule has 2 aromatic carbocycles. The van der Waals surface area contributed by atoms with E-state index in [1.807, 2.05) is 55.5 Å². The Hall–Kier alpha value is -2.86. The summed E-state index contributed by atoms with van der Waals surface area (Å²) < 4.78 is 16.0. The number of ether oxygens (including phenoxy) is 3. The maximum Gasteiger partial charge on any atom is 0.357 e. The zero-order valence-corrected chi connectivity index (χ0v) is 15.4. The number of aryl methyl sites for hydroxylation is 1. The fraction of sp³-hybridized carbons (Fsp3) is 0.200. The highest BCUT2D eigenvalue weighted by Gasteiger charge is 2.13. The molecule has 3 aromatic rings. The number of hydrogen-bond acceptors (Lipinski definition) is 6. The van der Waals surface area contributed by atoms with E-state index in [0.717, 1.165) is 27.6 Å². The summed E-state index contributed by atoms with van der Waals surface area (Å²) in [6.45, 7) is 2.44. The highest BCUT2D eigenvalue weighted by atomic mass is 32.1. The minimum absolute atomic E-state index is 0.169. The van der Waals surface area contributed by atoms with Crippen molar-refractivity contribution in [2.75, 3.05) is 20.3 Å². The van der Waals surface area contributed by atoms with E-state index in [2.05, 4.69) is 4.98 Å². The molecule has 0 saturated heterocycles. The Morgan fingerprint density at radius 3 is 2.58 bits per heavy atom. The van der Waals surface area contributed by atoms with Crippen molar-refractivity contribution >= 4 is 17.3 Å². The van der Waals surface area contributed by atoms with E-state index >= 15 is 0 Å². The second-order valence-electron chi connectivity index (χ2n) is 5.52. The van der Waals surface area contributed by atoms with Crippen molar-refractivity contribution in [1.82, 2.24) is 4.98 Å². The Bertz CT molecular complexity index is 874. The lowest BCUT2D eigenvalue weighted by Crippen LogP contribution is -2.13. The number of rotatable bonds is 7. The number of thiazole rings is 1. The number of nitrogens with zero attached hydrogens (tertiary/aromatic N) is 1. The van der Waals surface area contributed by atoms with Crippen LogP contribution in [0.15, 0.2) is 53.9 Å². The van der Waals surface area contributed by atoms with Gasteiger partial charge in [0.2, 0.25) is 0 Å². The van der Waals surface area contributed by atoms with Crippen LogP contribution in [0.4, 0.5) is 0 Å². The summed E-state index contributed by atoms with van der Waals surface area (Å²) in [5.74, 6) is 1.12. The lowest BCUT2D eigenvalue weighted by Gasteiger charge is -2.08. The average molecular weight is 369 g/mol. The number of para-hydroxylation sites is 1. The molecule has 0 radical (unpaired) electrons. The molecular formula is C20H19NO4S. The zero-order chi connectivity index (χ0) is 18.4. The Labute approximate surface area is 156 Å². The van der Waals surface area contributed by atoms with E-state index in [4.69, 9.17) is 14.2 Å². The molecule has 3 rings (SSSR count). The van der Waals surface area contributed by atoms with Crippen LogP contribution in [0.2, 0.25) is 0 Å². The standard InChI is InChI=1S/C20H19NO4S/c1-14-5-3-4-6-18(14)24-11-12-25-20(22)17-13-26-19(21-17)15-7-9-16(23-2)10-8-15/h3-10,13H,11-12H2,1-2H3. The number of methoxy groups -OCH3 is 1. The average Bonchev–Trinajstić information content (AvgIpc) is 3.17. The van der Waals surface area contributed by atoms with E-state index in [1.54, 1.807) is 12.5 Å². The molecule has 5 nitrogen and oxygen atoms in total. The molecule has 0 amide bonds. The van der Waals surface area contributed by atoms with Gasteiger partial charge < -0.3 is 14.2 Å². The first-order chi connectivity index (χ1) is 12.7. The van der Waals surface area contributed by atoms with E-state index in [1.165, 1.54) is 11.3 Å². The number of benzene rings is 2. The predicted molar refractivity (Wildman–Crippen MR) is 101 cm³/mol. The van der Waals surface area contributed by atoms with Crippen LogP contribution in [-0.4, -0.2) is 31.3 Å². The second kappa shape index (κ2) is 8.49. The molecule has 0 aliphatic carbocycles. The van der Waals surface area contributed by atoms with Crippen LogP contribution >= 0.6 is 11.3 Å². The molecular weight excluding hydrogens is 350 g/mol. The number of esters is 1. The van der Waals surface area contributed by atoms with Crippen molar-refractivity contribution in [3.63, 3.8) is 0 Å². The van der Waals surface area contributed by atoms with Crippen LogP contribution in [0.25, 0.3) is 10.6 Å². The summed E-state index contributed by atoms with van der Waals surface area (Å²) in [5.41, 5.74) is 2.27. The van der Waals surface area contributed by atoms with Crippen LogP contribution in [-0.2, 0) is 4.74 Å². The van der Waals surface area contributed by atoms with Gasteiger partial charge in [-0.25, -0.2) is 9.78 Å². The molecule has 134 valence electrons. The maximum absolute atomic E-state index is 12.1. The lowest BCUT2D eigenvalue weighted by molar-refractivity contribution is 0.0444. The van der Waals surface area contributed by atoms with Crippen molar-refractivity contribution in [2.24, 2.45) is 0 Å². The Kier molecular flexibility index (Phi) is 5.86. The third kappa shape index (κ3) is 4.40. The maximum atomic E-state index is 12.1. The quantitative estimate of drug-likeness (QED) is 0.457. The first-order valence-electron chi connectivity index (χ1n) is 8.13. The topological polar surface area (TPSA) is 57.7 Å². The molecule has 1 aromatic heterocycles. The van der Waals surface area contributed by atoms with Gasteiger partial charge in [0.1, 0.15) is 29.7 Å². The highest BCUT2D eigenvalue weighted by molar-refractivity contribution is 7.13. The van der Waals surface area contributed by atoms with Gasteiger partial charge in [0.25, 0.3) is 0 Å². The van der Waals surface area contributed by atoms with Crippen molar-refractivity contribution in [3.05, 3.63) is 65.2 Å². The molecule has 0 spiro atoms. The van der Waals surface area contributed by atoms with Gasteiger partial charge in [-0.3, -0.25) is 0 Å². The number of hydrogen-bond donors (Lipinski definition) is 0. The molecule has 0 aliphatic rings. The van der Waals surface area contributed by atoms with Crippen LogP contribution in [0.3, 0.4) is 0 Å². The predicted octanol–water partition coefficient (Wildman–Crippen LogP) is 4.36. The van der Waals surface area contributed by atoms with E-state index in [9.17, 15) is 4.79 Å². The van der Waals surface area contributed by atoms with Crippen LogP contribution in [0.5, 0.6) is 11.5 Å². The summed E-state index contributed by atoms with van der Waals surface area (Å²) in [6, 6.07) is 15.2. The second-order valence-corrected chi connectivity index (χ2v) is 6.37. The largest absolute Gasteiger partial charge is 0.497 e. The summed E-state index contributed by atoms with van der Waals surface area (Å²) >= 11 is 1.40. The minimum atomic E-state index is -0.450. The lowest BCUT2D eigenvalue weighted by atomic mass is 10.2. The van der Waals surface area contributed by atoms with E-state index in [-0.39, 0.29) is 6.61 Å². The molecule has 0 fully saturated rings.